The normalized spacial score (nSPS) is 35.9. The van der Waals surface area contributed by atoms with E-state index in [1.807, 2.05) is 0 Å². The van der Waals surface area contributed by atoms with Gasteiger partial charge in [0.15, 0.2) is 6.23 Å². The number of aromatic nitrogens is 2. The van der Waals surface area contributed by atoms with Gasteiger partial charge in [0.05, 0.1) is 6.61 Å². The van der Waals surface area contributed by atoms with Crippen LogP contribution in [0.5, 0.6) is 0 Å². The Kier molecular flexibility index (Phi) is 3.33. The number of hydrogen-bond donors (Lipinski definition) is 3. The molecule has 1 saturated heterocycles. The van der Waals surface area contributed by atoms with Gasteiger partial charge in [-0.25, -0.2) is 4.79 Å². The molecule has 1 aliphatic rings. The highest BCUT2D eigenvalue weighted by Crippen LogP contribution is 2.39. The van der Waals surface area contributed by atoms with Crippen molar-refractivity contribution in [2.75, 3.05) is 12.3 Å². The summed E-state index contributed by atoms with van der Waals surface area (Å²) in [6.45, 7) is 1.11. The van der Waals surface area contributed by atoms with Gasteiger partial charge in [0.2, 0.25) is 0 Å². The minimum absolute atomic E-state index is 0.0887. The number of nitrogens with zero attached hydrogens (tertiary/aromatic N) is 2. The Morgan fingerprint density at radius 1 is 1.72 bits per heavy atom. The van der Waals surface area contributed by atoms with Crippen molar-refractivity contribution in [3.8, 4) is 0 Å². The molecule has 0 aliphatic carbocycles. The fourth-order valence-electron chi connectivity index (χ4n) is 1.86. The second-order valence-electron chi connectivity index (χ2n) is 4.41. The van der Waals surface area contributed by atoms with Gasteiger partial charge in [-0.05, 0) is 13.0 Å². The van der Waals surface area contributed by atoms with Crippen LogP contribution in [0.3, 0.4) is 0 Å². The van der Waals surface area contributed by atoms with Crippen LogP contribution in [0.1, 0.15) is 13.2 Å². The molecule has 2 rings (SSSR count). The van der Waals surface area contributed by atoms with E-state index in [1.165, 1.54) is 19.2 Å². The summed E-state index contributed by atoms with van der Waals surface area (Å²) in [5.74, 6) is 0.0887. The van der Waals surface area contributed by atoms with Gasteiger partial charge in [-0.1, -0.05) is 0 Å². The standard InChI is InChI=1S/C10H14ClN3O4/c1-10(4-15)7(16)6(11)8(18-10)14-3-2-5(12)13-9(14)17/h2-3,6-8,15-16H,4H2,1H3,(H2,12,13,17)/t6-,7+,8?,10-/m1/s1. The second kappa shape index (κ2) is 4.51. The molecule has 1 unspecified atom stereocenters. The van der Waals surface area contributed by atoms with Crippen LogP contribution in [0.4, 0.5) is 5.82 Å². The van der Waals surface area contributed by atoms with Crippen LogP contribution in [0.15, 0.2) is 17.1 Å². The molecule has 1 aromatic rings. The van der Waals surface area contributed by atoms with Crippen LogP contribution in [0.2, 0.25) is 0 Å². The Labute approximate surface area is 108 Å². The topological polar surface area (TPSA) is 111 Å². The number of alkyl halides is 1. The number of aliphatic hydroxyl groups is 2. The van der Waals surface area contributed by atoms with Gasteiger partial charge in [-0.2, -0.15) is 4.98 Å². The highest BCUT2D eigenvalue weighted by molar-refractivity contribution is 6.21. The summed E-state index contributed by atoms with van der Waals surface area (Å²) in [5, 5.41) is 18.3. The lowest BCUT2D eigenvalue weighted by Crippen LogP contribution is -2.42. The van der Waals surface area contributed by atoms with E-state index in [1.54, 1.807) is 0 Å². The Morgan fingerprint density at radius 2 is 2.39 bits per heavy atom. The highest BCUT2D eigenvalue weighted by Gasteiger charge is 2.51. The third-order valence-corrected chi connectivity index (χ3v) is 3.48. The van der Waals surface area contributed by atoms with Gasteiger partial charge >= 0.3 is 5.69 Å². The zero-order chi connectivity index (χ0) is 13.5. The predicted molar refractivity (Wildman–Crippen MR) is 64.2 cm³/mol. The summed E-state index contributed by atoms with van der Waals surface area (Å²) >= 11 is 6.03. The van der Waals surface area contributed by atoms with E-state index in [4.69, 9.17) is 22.1 Å². The van der Waals surface area contributed by atoms with E-state index in [9.17, 15) is 15.0 Å². The Morgan fingerprint density at radius 3 is 2.89 bits per heavy atom. The molecule has 8 heteroatoms. The maximum absolute atomic E-state index is 11.7. The van der Waals surface area contributed by atoms with Crippen LogP contribution >= 0.6 is 11.6 Å². The summed E-state index contributed by atoms with van der Waals surface area (Å²) < 4.78 is 6.62. The maximum atomic E-state index is 11.7. The van der Waals surface area contributed by atoms with E-state index in [0.717, 1.165) is 4.57 Å². The molecule has 0 amide bonds. The van der Waals surface area contributed by atoms with E-state index < -0.39 is 35.6 Å². The second-order valence-corrected chi connectivity index (χ2v) is 4.91. The number of anilines is 1. The van der Waals surface area contributed by atoms with Crippen LogP contribution in [-0.2, 0) is 4.74 Å². The fourth-order valence-corrected chi connectivity index (χ4v) is 2.30. The van der Waals surface area contributed by atoms with Crippen molar-refractivity contribution in [1.82, 2.24) is 9.55 Å². The molecule has 0 aromatic carbocycles. The molecular weight excluding hydrogens is 262 g/mol. The lowest BCUT2D eigenvalue weighted by Gasteiger charge is -2.24. The molecule has 0 saturated carbocycles. The molecular formula is C10H14ClN3O4. The highest BCUT2D eigenvalue weighted by atomic mass is 35.5. The van der Waals surface area contributed by atoms with Crippen molar-refractivity contribution in [3.63, 3.8) is 0 Å². The predicted octanol–water partition coefficient (Wildman–Crippen LogP) is -0.926. The monoisotopic (exact) mass is 275 g/mol. The Hall–Kier alpha value is -1.15. The van der Waals surface area contributed by atoms with Gasteiger partial charge < -0.3 is 20.7 Å². The summed E-state index contributed by atoms with van der Waals surface area (Å²) in [6, 6.07) is 1.43. The van der Waals surface area contributed by atoms with Crippen molar-refractivity contribution >= 4 is 17.4 Å². The molecule has 7 nitrogen and oxygen atoms in total. The molecule has 18 heavy (non-hydrogen) atoms. The molecule has 2 heterocycles. The van der Waals surface area contributed by atoms with Crippen LogP contribution in [-0.4, -0.2) is 43.5 Å². The minimum atomic E-state index is -1.21. The van der Waals surface area contributed by atoms with Gasteiger partial charge in [0.25, 0.3) is 0 Å². The van der Waals surface area contributed by atoms with Crippen molar-refractivity contribution < 1.29 is 14.9 Å². The average Bonchev–Trinajstić information content (AvgIpc) is 2.55. The number of nitrogens with two attached hydrogens (primary N) is 1. The van der Waals surface area contributed by atoms with E-state index in [0.29, 0.717) is 0 Å². The third-order valence-electron chi connectivity index (χ3n) is 3.03. The molecule has 1 aromatic heterocycles. The SMILES string of the molecule is C[C@]1(CO)OC(n2ccc(N)nc2=O)[C@H](Cl)[C@@H]1O. The fraction of sp³-hybridized carbons (Fsp3) is 0.600. The van der Waals surface area contributed by atoms with E-state index in [-0.39, 0.29) is 5.82 Å². The summed E-state index contributed by atoms with van der Waals surface area (Å²) in [5.41, 5.74) is 3.54. The number of aliphatic hydroxyl groups excluding tert-OH is 2. The number of ether oxygens (including phenoxy) is 1. The lowest BCUT2D eigenvalue weighted by atomic mass is 10.0. The van der Waals surface area contributed by atoms with Crippen molar-refractivity contribution in [1.29, 1.82) is 0 Å². The van der Waals surface area contributed by atoms with E-state index in [2.05, 4.69) is 4.98 Å². The molecule has 0 radical (unpaired) electrons. The molecule has 0 bridgehead atoms. The molecule has 100 valence electrons. The summed E-state index contributed by atoms with van der Waals surface area (Å²) in [6.07, 6.45) is -0.612. The first-order valence-electron chi connectivity index (χ1n) is 5.34. The van der Waals surface area contributed by atoms with Gasteiger partial charge in [0, 0.05) is 6.20 Å². The van der Waals surface area contributed by atoms with Gasteiger partial charge in [-0.3, -0.25) is 4.57 Å². The smallest absolute Gasteiger partial charge is 0.351 e. The quantitative estimate of drug-likeness (QED) is 0.602. The first-order chi connectivity index (χ1) is 8.39. The van der Waals surface area contributed by atoms with Crippen LogP contribution in [0, 0.1) is 0 Å². The zero-order valence-corrected chi connectivity index (χ0v) is 10.4. The van der Waals surface area contributed by atoms with Crippen molar-refractivity contribution in [2.24, 2.45) is 0 Å². The van der Waals surface area contributed by atoms with Crippen LogP contribution in [0.25, 0.3) is 0 Å². The lowest BCUT2D eigenvalue weighted by molar-refractivity contribution is -0.116. The molecule has 4 atom stereocenters. The number of nitrogen functional groups attached to an aromatic ring is 1. The Bertz CT molecular complexity index is 508. The van der Waals surface area contributed by atoms with Gasteiger partial charge in [-0.15, -0.1) is 11.6 Å². The van der Waals surface area contributed by atoms with E-state index >= 15 is 0 Å². The van der Waals surface area contributed by atoms with Gasteiger partial charge in [0.1, 0.15) is 22.9 Å². The number of halogens is 1. The molecule has 4 N–H and O–H groups in total. The number of hydrogen-bond acceptors (Lipinski definition) is 6. The van der Waals surface area contributed by atoms with Crippen LogP contribution < -0.4 is 11.4 Å². The molecule has 1 aliphatic heterocycles. The number of rotatable bonds is 2. The third kappa shape index (κ3) is 1.99. The molecule has 0 spiro atoms. The largest absolute Gasteiger partial charge is 0.393 e. The van der Waals surface area contributed by atoms with Crippen molar-refractivity contribution in [2.45, 2.75) is 30.2 Å². The zero-order valence-electron chi connectivity index (χ0n) is 9.65. The molecule has 1 fully saturated rings. The Balaban J connectivity index is 2.38. The minimum Gasteiger partial charge on any atom is -0.393 e. The summed E-state index contributed by atoms with van der Waals surface area (Å²) in [7, 11) is 0. The summed E-state index contributed by atoms with van der Waals surface area (Å²) in [4.78, 5) is 15.2. The average molecular weight is 276 g/mol. The first kappa shape index (κ1) is 13.3. The van der Waals surface area contributed by atoms with Crippen molar-refractivity contribution in [3.05, 3.63) is 22.7 Å². The maximum Gasteiger partial charge on any atom is 0.351 e. The first-order valence-corrected chi connectivity index (χ1v) is 5.78.